The predicted octanol–water partition coefficient (Wildman–Crippen LogP) is 20.2. The van der Waals surface area contributed by atoms with Gasteiger partial charge in [0.2, 0.25) is 5.91 Å². The summed E-state index contributed by atoms with van der Waals surface area (Å²) in [5.41, 5.74) is 0. The van der Waals surface area contributed by atoms with Gasteiger partial charge in [0.15, 0.2) is 0 Å². The SMILES string of the molecule is CCCCC/C=C\C/C=C\CCCCCCCCCC(=O)OCCCCCCCCCCCCCCCCCCCCCCCCCCC(=O)NC(CO)C(O)CCCCCCCCCCCCCCC. The number of carbonyl (C=O) groups is 2. The topological polar surface area (TPSA) is 95.9 Å². The first-order valence-electron chi connectivity index (χ1n) is 32.1. The fourth-order valence-electron chi connectivity index (χ4n) is 10.1. The van der Waals surface area contributed by atoms with Gasteiger partial charge in [0, 0.05) is 12.8 Å². The number of aliphatic hydroxyl groups excluding tert-OH is 2. The fraction of sp³-hybridized carbons (Fsp3) is 0.908. The number of allylic oxidation sites excluding steroid dienone is 4. The van der Waals surface area contributed by atoms with E-state index < -0.39 is 12.1 Å². The fourth-order valence-corrected chi connectivity index (χ4v) is 10.1. The van der Waals surface area contributed by atoms with E-state index in [1.165, 1.54) is 270 Å². The van der Waals surface area contributed by atoms with Crippen LogP contribution in [0.4, 0.5) is 0 Å². The van der Waals surface area contributed by atoms with Crippen molar-refractivity contribution in [3.8, 4) is 0 Å². The largest absolute Gasteiger partial charge is 0.466 e. The van der Waals surface area contributed by atoms with Gasteiger partial charge < -0.3 is 20.3 Å². The quantitative estimate of drug-likeness (QED) is 0.0320. The molecule has 0 aliphatic rings. The Labute approximate surface area is 443 Å². The van der Waals surface area contributed by atoms with Gasteiger partial charge in [-0.15, -0.1) is 0 Å². The van der Waals surface area contributed by atoms with E-state index in [0.717, 1.165) is 51.4 Å². The Morgan fingerprint density at radius 2 is 0.704 bits per heavy atom. The highest BCUT2D eigenvalue weighted by molar-refractivity contribution is 5.76. The molecule has 0 aromatic carbocycles. The van der Waals surface area contributed by atoms with Crippen molar-refractivity contribution in [2.45, 2.75) is 366 Å². The first-order chi connectivity index (χ1) is 35.0. The lowest BCUT2D eigenvalue weighted by molar-refractivity contribution is -0.143. The zero-order valence-electron chi connectivity index (χ0n) is 48.0. The van der Waals surface area contributed by atoms with E-state index in [1.807, 2.05) is 0 Å². The highest BCUT2D eigenvalue weighted by Gasteiger charge is 2.20. The van der Waals surface area contributed by atoms with Crippen LogP contribution in [0.15, 0.2) is 24.3 Å². The molecule has 0 spiro atoms. The number of carbonyl (C=O) groups excluding carboxylic acids is 2. The molecule has 0 bridgehead atoms. The van der Waals surface area contributed by atoms with Gasteiger partial charge in [-0.2, -0.15) is 0 Å². The minimum absolute atomic E-state index is 0.00813. The number of aliphatic hydroxyl groups is 2. The Morgan fingerprint density at radius 3 is 1.10 bits per heavy atom. The molecule has 1 amide bonds. The van der Waals surface area contributed by atoms with E-state index in [4.69, 9.17) is 4.74 Å². The van der Waals surface area contributed by atoms with Gasteiger partial charge >= 0.3 is 5.97 Å². The zero-order valence-corrected chi connectivity index (χ0v) is 48.0. The van der Waals surface area contributed by atoms with E-state index in [0.29, 0.717) is 25.9 Å². The van der Waals surface area contributed by atoms with Crippen LogP contribution in [0.1, 0.15) is 354 Å². The molecular formula is C65H125NO5. The van der Waals surface area contributed by atoms with Crippen molar-refractivity contribution in [1.82, 2.24) is 5.32 Å². The van der Waals surface area contributed by atoms with Gasteiger partial charge in [0.05, 0.1) is 25.4 Å². The molecular weight excluding hydrogens is 875 g/mol. The number of hydrogen-bond donors (Lipinski definition) is 3. The number of amides is 1. The Kier molecular flexibility index (Phi) is 59.5. The maximum absolute atomic E-state index is 12.5. The number of rotatable bonds is 60. The average Bonchev–Trinajstić information content (AvgIpc) is 3.37. The lowest BCUT2D eigenvalue weighted by Gasteiger charge is -2.22. The third-order valence-electron chi connectivity index (χ3n) is 15.0. The van der Waals surface area contributed by atoms with E-state index in [2.05, 4.69) is 43.5 Å². The molecule has 0 heterocycles. The van der Waals surface area contributed by atoms with E-state index in [9.17, 15) is 19.8 Å². The molecule has 0 rings (SSSR count). The van der Waals surface area contributed by atoms with Crippen molar-refractivity contribution in [2.24, 2.45) is 0 Å². The van der Waals surface area contributed by atoms with Gasteiger partial charge in [-0.05, 0) is 57.8 Å². The van der Waals surface area contributed by atoms with E-state index >= 15 is 0 Å². The number of unbranched alkanes of at least 4 members (excludes halogenated alkanes) is 45. The minimum Gasteiger partial charge on any atom is -0.466 e. The Balaban J connectivity index is 3.35. The first-order valence-corrected chi connectivity index (χ1v) is 32.1. The highest BCUT2D eigenvalue weighted by Crippen LogP contribution is 2.18. The summed E-state index contributed by atoms with van der Waals surface area (Å²) in [7, 11) is 0. The smallest absolute Gasteiger partial charge is 0.305 e. The first kappa shape index (κ1) is 69.3. The third-order valence-corrected chi connectivity index (χ3v) is 15.0. The summed E-state index contributed by atoms with van der Waals surface area (Å²) in [6, 6.07) is -0.539. The Hall–Kier alpha value is -1.66. The number of ether oxygens (including phenoxy) is 1. The highest BCUT2D eigenvalue weighted by atomic mass is 16.5. The van der Waals surface area contributed by atoms with Crippen LogP contribution in [0.25, 0.3) is 0 Å². The van der Waals surface area contributed by atoms with Crippen molar-refractivity contribution in [2.75, 3.05) is 13.2 Å². The second kappa shape index (κ2) is 60.9. The number of nitrogens with one attached hydrogen (secondary N) is 1. The summed E-state index contributed by atoms with van der Waals surface area (Å²) in [6.45, 7) is 4.94. The van der Waals surface area contributed by atoms with Crippen molar-refractivity contribution in [3.63, 3.8) is 0 Å². The van der Waals surface area contributed by atoms with Crippen LogP contribution in [-0.2, 0) is 14.3 Å². The standard InChI is InChI=1S/C65H125NO5/c1-3-5-7-9-11-13-15-17-18-27-31-35-39-43-47-51-55-59-65(70)71-60-56-52-48-44-40-36-32-29-26-24-22-20-19-21-23-25-28-30-34-38-42-46-50-54-58-64(69)66-62(61-67)63(68)57-53-49-45-41-37-33-16-14-12-10-8-6-4-2/h11,13,17-18,62-63,67-68H,3-10,12,14-16,19-61H2,1-2H3,(H,66,69)/b13-11-,18-17-. The Morgan fingerprint density at radius 1 is 0.394 bits per heavy atom. The molecule has 3 N–H and O–H groups in total. The summed E-state index contributed by atoms with van der Waals surface area (Å²) >= 11 is 0. The van der Waals surface area contributed by atoms with Gasteiger partial charge in [0.25, 0.3) is 0 Å². The molecule has 0 aromatic rings. The second-order valence-corrected chi connectivity index (χ2v) is 22.1. The van der Waals surface area contributed by atoms with Crippen LogP contribution >= 0.6 is 0 Å². The average molecular weight is 1000 g/mol. The molecule has 0 aliphatic heterocycles. The second-order valence-electron chi connectivity index (χ2n) is 22.1. The van der Waals surface area contributed by atoms with Crippen LogP contribution in [0.5, 0.6) is 0 Å². The molecule has 2 atom stereocenters. The predicted molar refractivity (Wildman–Crippen MR) is 310 cm³/mol. The van der Waals surface area contributed by atoms with Gasteiger partial charge in [-0.25, -0.2) is 0 Å². The van der Waals surface area contributed by atoms with Crippen molar-refractivity contribution in [1.29, 1.82) is 0 Å². The maximum Gasteiger partial charge on any atom is 0.305 e. The molecule has 2 unspecified atom stereocenters. The normalized spacial score (nSPS) is 12.7. The lowest BCUT2D eigenvalue weighted by atomic mass is 10.0. The summed E-state index contributed by atoms with van der Waals surface area (Å²) in [5, 5.41) is 23.3. The molecule has 0 saturated heterocycles. The molecule has 0 saturated carbocycles. The summed E-state index contributed by atoms with van der Waals surface area (Å²) < 4.78 is 5.49. The maximum atomic E-state index is 12.5. The van der Waals surface area contributed by atoms with Gasteiger partial charge in [-0.1, -0.05) is 308 Å². The molecule has 0 aromatic heterocycles. The monoisotopic (exact) mass is 1000 g/mol. The summed E-state index contributed by atoms with van der Waals surface area (Å²) in [6.07, 6.45) is 74.8. The molecule has 0 aliphatic carbocycles. The zero-order chi connectivity index (χ0) is 51.4. The Bertz CT molecular complexity index is 1110. The van der Waals surface area contributed by atoms with Crippen LogP contribution in [0.2, 0.25) is 0 Å². The third kappa shape index (κ3) is 57.5. The lowest BCUT2D eigenvalue weighted by Crippen LogP contribution is -2.45. The molecule has 420 valence electrons. The van der Waals surface area contributed by atoms with Crippen LogP contribution in [0.3, 0.4) is 0 Å². The van der Waals surface area contributed by atoms with Crippen LogP contribution in [0, 0.1) is 0 Å². The molecule has 0 fully saturated rings. The number of esters is 1. The van der Waals surface area contributed by atoms with Crippen LogP contribution in [-0.4, -0.2) is 47.4 Å². The summed E-state index contributed by atoms with van der Waals surface area (Å²) in [5.74, 6) is -0.0243. The minimum atomic E-state index is -0.662. The summed E-state index contributed by atoms with van der Waals surface area (Å²) in [4.78, 5) is 24.6. The molecule has 6 heteroatoms. The molecule has 6 nitrogen and oxygen atoms in total. The van der Waals surface area contributed by atoms with Crippen LogP contribution < -0.4 is 5.32 Å². The molecule has 71 heavy (non-hydrogen) atoms. The van der Waals surface area contributed by atoms with E-state index in [1.54, 1.807) is 0 Å². The number of hydrogen-bond acceptors (Lipinski definition) is 5. The van der Waals surface area contributed by atoms with E-state index in [-0.39, 0.29) is 18.5 Å². The van der Waals surface area contributed by atoms with Crippen molar-refractivity contribution >= 4 is 11.9 Å². The van der Waals surface area contributed by atoms with Gasteiger partial charge in [0.1, 0.15) is 0 Å². The van der Waals surface area contributed by atoms with Crippen molar-refractivity contribution in [3.05, 3.63) is 24.3 Å². The van der Waals surface area contributed by atoms with Crippen molar-refractivity contribution < 1.29 is 24.5 Å². The molecule has 0 radical (unpaired) electrons. The van der Waals surface area contributed by atoms with Gasteiger partial charge in [-0.3, -0.25) is 9.59 Å².